The van der Waals surface area contributed by atoms with Crippen LogP contribution in [-0.2, 0) is 10.0 Å². The fraction of sp³-hybridized carbons (Fsp3) is 1.00. The van der Waals surface area contributed by atoms with E-state index in [4.69, 9.17) is 0 Å². The van der Waals surface area contributed by atoms with Gasteiger partial charge in [0.25, 0.3) is 0 Å². The van der Waals surface area contributed by atoms with E-state index in [2.05, 4.69) is 5.32 Å². The third kappa shape index (κ3) is 2.88. The van der Waals surface area contributed by atoms with Crippen molar-refractivity contribution < 1.29 is 8.42 Å². The maximum atomic E-state index is 11.9. The number of sulfonamides is 1. The van der Waals surface area contributed by atoms with Crippen molar-refractivity contribution >= 4 is 22.4 Å². The summed E-state index contributed by atoms with van der Waals surface area (Å²) in [5.74, 6) is 1.44. The lowest BCUT2D eigenvalue weighted by molar-refractivity contribution is 0.446. The molecule has 2 fully saturated rings. The Bertz CT molecular complexity index is 309. The van der Waals surface area contributed by atoms with Gasteiger partial charge in [0.15, 0.2) is 0 Å². The zero-order valence-corrected chi connectivity index (χ0v) is 11.3. The third-order valence-corrected chi connectivity index (χ3v) is 5.39. The lowest BCUT2D eigenvalue weighted by Gasteiger charge is -2.16. The van der Waals surface area contributed by atoms with Crippen LogP contribution >= 0.6 is 12.4 Å². The van der Waals surface area contributed by atoms with Gasteiger partial charge in [-0.1, -0.05) is 13.3 Å². The molecule has 0 radical (unpaired) electrons. The molecule has 2 aliphatic heterocycles. The molecular formula is C10H21ClN2O2S. The molecule has 2 aliphatic rings. The van der Waals surface area contributed by atoms with Crippen molar-refractivity contribution in [2.24, 2.45) is 11.8 Å². The number of rotatable bonds is 4. The van der Waals surface area contributed by atoms with Crippen LogP contribution in [-0.4, -0.2) is 44.7 Å². The van der Waals surface area contributed by atoms with Crippen molar-refractivity contribution in [1.29, 1.82) is 0 Å². The maximum absolute atomic E-state index is 11.9. The van der Waals surface area contributed by atoms with Gasteiger partial charge in [-0.3, -0.25) is 0 Å². The summed E-state index contributed by atoms with van der Waals surface area (Å²) < 4.78 is 25.6. The summed E-state index contributed by atoms with van der Waals surface area (Å²) in [6.45, 7) is 5.49. The minimum atomic E-state index is -2.96. The van der Waals surface area contributed by atoms with Crippen LogP contribution in [0, 0.1) is 11.8 Å². The standard InChI is InChI=1S/C10H20N2O2S.ClH/c1-2-3-4-15(13,14)12-7-9-5-11-6-10(9)8-12;/h9-11H,2-8H2,1H3;1H/t9-,10+;. The normalized spacial score (nSPS) is 30.1. The number of nitrogens with zero attached hydrogens (tertiary/aromatic N) is 1. The fourth-order valence-corrected chi connectivity index (χ4v) is 4.24. The zero-order valence-electron chi connectivity index (χ0n) is 9.68. The van der Waals surface area contributed by atoms with E-state index >= 15 is 0 Å². The zero-order chi connectivity index (χ0) is 10.9. The van der Waals surface area contributed by atoms with E-state index in [-0.39, 0.29) is 12.4 Å². The van der Waals surface area contributed by atoms with Crippen LogP contribution in [0.15, 0.2) is 0 Å². The van der Waals surface area contributed by atoms with Gasteiger partial charge in [-0.15, -0.1) is 12.4 Å². The Kier molecular flexibility index (Phi) is 5.04. The van der Waals surface area contributed by atoms with E-state index in [1.165, 1.54) is 0 Å². The van der Waals surface area contributed by atoms with E-state index in [9.17, 15) is 8.42 Å². The summed E-state index contributed by atoms with van der Waals surface area (Å²) >= 11 is 0. The van der Waals surface area contributed by atoms with Gasteiger partial charge in [0.1, 0.15) is 0 Å². The molecule has 2 heterocycles. The summed E-state index contributed by atoms with van der Waals surface area (Å²) in [6, 6.07) is 0. The molecule has 2 rings (SSSR count). The number of hydrogen-bond donors (Lipinski definition) is 1. The topological polar surface area (TPSA) is 49.4 Å². The molecular weight excluding hydrogens is 248 g/mol. The minimum Gasteiger partial charge on any atom is -0.316 e. The van der Waals surface area contributed by atoms with Crippen molar-refractivity contribution in [2.45, 2.75) is 19.8 Å². The van der Waals surface area contributed by atoms with Gasteiger partial charge in [0, 0.05) is 13.1 Å². The van der Waals surface area contributed by atoms with Gasteiger partial charge in [-0.05, 0) is 31.3 Å². The largest absolute Gasteiger partial charge is 0.316 e. The number of unbranched alkanes of at least 4 members (excludes halogenated alkanes) is 1. The van der Waals surface area contributed by atoms with Crippen molar-refractivity contribution in [3.63, 3.8) is 0 Å². The molecule has 0 aromatic heterocycles. The first-order valence-electron chi connectivity index (χ1n) is 5.82. The first-order valence-corrected chi connectivity index (χ1v) is 7.43. The molecule has 2 saturated heterocycles. The molecule has 0 amide bonds. The average molecular weight is 269 g/mol. The molecule has 0 aromatic rings. The van der Waals surface area contributed by atoms with E-state index in [1.54, 1.807) is 4.31 Å². The second-order valence-electron chi connectivity index (χ2n) is 4.66. The van der Waals surface area contributed by atoms with Crippen LogP contribution in [0.3, 0.4) is 0 Å². The Morgan fingerprint density at radius 1 is 1.25 bits per heavy atom. The van der Waals surface area contributed by atoms with Gasteiger partial charge >= 0.3 is 0 Å². The van der Waals surface area contributed by atoms with Crippen LogP contribution in [0.5, 0.6) is 0 Å². The highest BCUT2D eigenvalue weighted by Crippen LogP contribution is 2.28. The molecule has 0 spiro atoms. The van der Waals surface area contributed by atoms with Gasteiger partial charge < -0.3 is 5.32 Å². The first kappa shape index (κ1) is 14.2. The molecule has 16 heavy (non-hydrogen) atoms. The maximum Gasteiger partial charge on any atom is 0.214 e. The van der Waals surface area contributed by atoms with E-state index < -0.39 is 10.0 Å². The summed E-state index contributed by atoms with van der Waals surface area (Å²) in [5, 5.41) is 3.32. The van der Waals surface area contributed by atoms with Crippen LogP contribution in [0.25, 0.3) is 0 Å². The molecule has 0 bridgehead atoms. The Labute approximate surface area is 104 Å². The number of halogens is 1. The lowest BCUT2D eigenvalue weighted by Crippen LogP contribution is -2.33. The number of hydrogen-bond acceptors (Lipinski definition) is 3. The summed E-state index contributed by atoms with van der Waals surface area (Å²) in [5.41, 5.74) is 0. The highest BCUT2D eigenvalue weighted by molar-refractivity contribution is 7.89. The molecule has 6 heteroatoms. The van der Waals surface area contributed by atoms with Gasteiger partial charge in [0.05, 0.1) is 5.75 Å². The molecule has 96 valence electrons. The predicted octanol–water partition coefficient (Wildman–Crippen LogP) is 0.689. The Morgan fingerprint density at radius 2 is 1.81 bits per heavy atom. The van der Waals surface area contributed by atoms with Crippen LogP contribution in [0.1, 0.15) is 19.8 Å². The Morgan fingerprint density at radius 3 is 2.31 bits per heavy atom. The summed E-state index contributed by atoms with van der Waals surface area (Å²) in [4.78, 5) is 0. The second kappa shape index (κ2) is 5.67. The van der Waals surface area contributed by atoms with Crippen molar-refractivity contribution in [2.75, 3.05) is 31.9 Å². The summed E-state index contributed by atoms with van der Waals surface area (Å²) in [7, 11) is -2.96. The molecule has 1 N–H and O–H groups in total. The highest BCUT2D eigenvalue weighted by Gasteiger charge is 2.40. The molecule has 0 unspecified atom stereocenters. The Balaban J connectivity index is 0.00000128. The highest BCUT2D eigenvalue weighted by atomic mass is 35.5. The van der Waals surface area contributed by atoms with Crippen LogP contribution < -0.4 is 5.32 Å². The van der Waals surface area contributed by atoms with E-state index in [0.717, 1.165) is 39.0 Å². The monoisotopic (exact) mass is 268 g/mol. The molecule has 4 nitrogen and oxygen atoms in total. The van der Waals surface area contributed by atoms with Gasteiger partial charge in [-0.25, -0.2) is 12.7 Å². The molecule has 0 saturated carbocycles. The second-order valence-corrected chi connectivity index (χ2v) is 6.75. The molecule has 2 atom stereocenters. The molecule has 0 aliphatic carbocycles. The van der Waals surface area contributed by atoms with Crippen molar-refractivity contribution in [3.8, 4) is 0 Å². The molecule has 0 aromatic carbocycles. The smallest absolute Gasteiger partial charge is 0.214 e. The van der Waals surface area contributed by atoms with Gasteiger partial charge in [0.2, 0.25) is 10.0 Å². The van der Waals surface area contributed by atoms with E-state index in [0.29, 0.717) is 17.6 Å². The number of fused-ring (bicyclic) bond motifs is 1. The van der Waals surface area contributed by atoms with Gasteiger partial charge in [-0.2, -0.15) is 0 Å². The van der Waals surface area contributed by atoms with Crippen LogP contribution in [0.2, 0.25) is 0 Å². The summed E-state index contributed by atoms with van der Waals surface area (Å²) in [6.07, 6.45) is 1.73. The van der Waals surface area contributed by atoms with Crippen LogP contribution in [0.4, 0.5) is 0 Å². The minimum absolute atomic E-state index is 0. The number of nitrogens with one attached hydrogen (secondary N) is 1. The SMILES string of the molecule is CCCCS(=O)(=O)N1C[C@H]2CNC[C@H]2C1.Cl. The van der Waals surface area contributed by atoms with Crippen molar-refractivity contribution in [3.05, 3.63) is 0 Å². The lowest BCUT2D eigenvalue weighted by atomic mass is 10.0. The Hall–Kier alpha value is 0.160. The quantitative estimate of drug-likeness (QED) is 0.816. The van der Waals surface area contributed by atoms with E-state index in [1.807, 2.05) is 6.92 Å². The average Bonchev–Trinajstić information content (AvgIpc) is 2.73. The van der Waals surface area contributed by atoms with Crippen molar-refractivity contribution in [1.82, 2.24) is 9.62 Å². The first-order chi connectivity index (χ1) is 7.13. The third-order valence-electron chi connectivity index (χ3n) is 3.51. The fourth-order valence-electron chi connectivity index (χ4n) is 2.50. The predicted molar refractivity (Wildman–Crippen MR) is 67.4 cm³/mol.